The fourth-order valence-electron chi connectivity index (χ4n) is 2.91. The van der Waals surface area contributed by atoms with Crippen LogP contribution in [0.3, 0.4) is 0 Å². The van der Waals surface area contributed by atoms with Gasteiger partial charge >= 0.3 is 5.97 Å². The quantitative estimate of drug-likeness (QED) is 0.815. The third-order valence-electron chi connectivity index (χ3n) is 4.17. The first-order valence-electron chi connectivity index (χ1n) is 7.79. The van der Waals surface area contributed by atoms with Gasteiger partial charge in [-0.2, -0.15) is 0 Å². The predicted molar refractivity (Wildman–Crippen MR) is 85.7 cm³/mol. The first kappa shape index (κ1) is 15.3. The van der Waals surface area contributed by atoms with Crippen molar-refractivity contribution in [2.45, 2.75) is 25.5 Å². The van der Waals surface area contributed by atoms with Gasteiger partial charge in [0.15, 0.2) is 0 Å². The molecule has 0 spiro atoms. The molecule has 0 radical (unpaired) electrons. The Kier molecular flexibility index (Phi) is 4.46. The topological polar surface area (TPSA) is 51.5 Å². The summed E-state index contributed by atoms with van der Waals surface area (Å²) in [5.74, 6) is -0.439. The van der Waals surface area contributed by atoms with Gasteiger partial charge in [0.1, 0.15) is 18.3 Å². The summed E-state index contributed by atoms with van der Waals surface area (Å²) in [5.41, 5.74) is 1.53. The lowest BCUT2D eigenvalue weighted by Crippen LogP contribution is -2.42. The largest absolute Gasteiger partial charge is 0.459 e. The number of ether oxygens (including phenoxy) is 1. The molecule has 2 heterocycles. The third kappa shape index (κ3) is 3.28. The van der Waals surface area contributed by atoms with Crippen molar-refractivity contribution in [3.8, 4) is 0 Å². The summed E-state index contributed by atoms with van der Waals surface area (Å²) in [5, 5.41) is 0. The van der Waals surface area contributed by atoms with Crippen LogP contribution in [0.1, 0.15) is 28.9 Å². The number of aromatic nitrogens is 1. The van der Waals surface area contributed by atoms with Gasteiger partial charge in [-0.05, 0) is 30.5 Å². The lowest BCUT2D eigenvalue weighted by molar-refractivity contribution is -0.149. The predicted octanol–water partition coefficient (Wildman–Crippen LogP) is 2.37. The molecule has 2 aromatic rings. The molecule has 1 amide bonds. The Morgan fingerprint density at radius 3 is 2.65 bits per heavy atom. The van der Waals surface area contributed by atoms with E-state index in [1.807, 2.05) is 49.6 Å². The number of hydrogen-bond acceptors (Lipinski definition) is 3. The molecular weight excluding hydrogens is 292 g/mol. The van der Waals surface area contributed by atoms with Crippen LogP contribution in [0.2, 0.25) is 0 Å². The number of amides is 1. The molecule has 0 bridgehead atoms. The molecule has 1 saturated heterocycles. The maximum Gasteiger partial charge on any atom is 0.329 e. The number of rotatable bonds is 4. The minimum atomic E-state index is -0.485. The van der Waals surface area contributed by atoms with Crippen LogP contribution in [0, 0.1) is 0 Å². The van der Waals surface area contributed by atoms with E-state index in [1.165, 1.54) is 0 Å². The van der Waals surface area contributed by atoms with E-state index >= 15 is 0 Å². The fourth-order valence-corrected chi connectivity index (χ4v) is 2.91. The van der Waals surface area contributed by atoms with E-state index in [9.17, 15) is 9.59 Å². The normalized spacial score (nSPS) is 17.3. The number of hydrogen-bond donors (Lipinski definition) is 0. The summed E-state index contributed by atoms with van der Waals surface area (Å²) in [6, 6.07) is 12.7. The van der Waals surface area contributed by atoms with Crippen LogP contribution in [0.5, 0.6) is 0 Å². The number of esters is 1. The van der Waals surface area contributed by atoms with E-state index in [4.69, 9.17) is 4.74 Å². The first-order valence-corrected chi connectivity index (χ1v) is 7.79. The van der Waals surface area contributed by atoms with Gasteiger partial charge in [0.25, 0.3) is 5.91 Å². The van der Waals surface area contributed by atoms with Crippen LogP contribution in [0.15, 0.2) is 48.7 Å². The number of carbonyl (C=O) groups excluding carboxylic acids is 2. The summed E-state index contributed by atoms with van der Waals surface area (Å²) in [6.45, 7) is 0.831. The van der Waals surface area contributed by atoms with Gasteiger partial charge < -0.3 is 14.2 Å². The van der Waals surface area contributed by atoms with E-state index in [1.54, 1.807) is 15.5 Å². The molecule has 1 aromatic carbocycles. The molecule has 0 saturated carbocycles. The molecule has 1 atom stereocenters. The lowest BCUT2D eigenvalue weighted by atomic mass is 10.2. The monoisotopic (exact) mass is 312 g/mol. The molecule has 5 heteroatoms. The second-order valence-corrected chi connectivity index (χ2v) is 5.75. The Morgan fingerprint density at radius 2 is 1.96 bits per heavy atom. The van der Waals surface area contributed by atoms with Crippen LogP contribution in [-0.2, 0) is 23.2 Å². The Balaban J connectivity index is 1.65. The van der Waals surface area contributed by atoms with Gasteiger partial charge in [0.2, 0.25) is 0 Å². The maximum atomic E-state index is 12.6. The molecule has 5 nitrogen and oxygen atoms in total. The number of likely N-dealkylation sites (tertiary alicyclic amines) is 1. The molecule has 1 aliphatic heterocycles. The minimum Gasteiger partial charge on any atom is -0.459 e. The number of aryl methyl sites for hydroxylation is 1. The van der Waals surface area contributed by atoms with Gasteiger partial charge in [-0.25, -0.2) is 4.79 Å². The van der Waals surface area contributed by atoms with Crippen LogP contribution in [-0.4, -0.2) is 33.9 Å². The number of nitrogens with zero attached hydrogens (tertiary/aromatic N) is 2. The van der Waals surface area contributed by atoms with Crippen LogP contribution < -0.4 is 0 Å². The molecule has 1 fully saturated rings. The van der Waals surface area contributed by atoms with E-state index in [2.05, 4.69) is 0 Å². The Labute approximate surface area is 135 Å². The smallest absolute Gasteiger partial charge is 0.329 e. The zero-order valence-electron chi connectivity index (χ0n) is 13.1. The molecule has 1 aromatic heterocycles. The SMILES string of the molecule is Cn1cccc1C(=O)N1CCC[C@H]1C(=O)OCc1ccccc1. The highest BCUT2D eigenvalue weighted by Gasteiger charge is 2.36. The van der Waals surface area contributed by atoms with Gasteiger partial charge in [0.05, 0.1) is 0 Å². The third-order valence-corrected chi connectivity index (χ3v) is 4.17. The highest BCUT2D eigenvalue weighted by atomic mass is 16.5. The van der Waals surface area contributed by atoms with Gasteiger partial charge in [-0.3, -0.25) is 4.79 Å². The second-order valence-electron chi connectivity index (χ2n) is 5.75. The Morgan fingerprint density at radius 1 is 1.17 bits per heavy atom. The average molecular weight is 312 g/mol. The fraction of sp³-hybridized carbons (Fsp3) is 0.333. The van der Waals surface area contributed by atoms with Crippen molar-refractivity contribution in [2.75, 3.05) is 6.54 Å². The Bertz CT molecular complexity index is 693. The number of carbonyl (C=O) groups is 2. The zero-order valence-corrected chi connectivity index (χ0v) is 13.1. The van der Waals surface area contributed by atoms with Crippen molar-refractivity contribution in [1.29, 1.82) is 0 Å². The van der Waals surface area contributed by atoms with Crippen LogP contribution in [0.25, 0.3) is 0 Å². The molecule has 0 aliphatic carbocycles. The van der Waals surface area contributed by atoms with E-state index in [0.29, 0.717) is 18.7 Å². The zero-order chi connectivity index (χ0) is 16.2. The van der Waals surface area contributed by atoms with Gasteiger partial charge in [-0.15, -0.1) is 0 Å². The standard InChI is InChI=1S/C18H20N2O3/c1-19-11-5-9-15(19)17(21)20-12-6-10-16(20)18(22)23-13-14-7-3-2-4-8-14/h2-5,7-9,11,16H,6,10,12-13H2,1H3/t16-/m0/s1. The van der Waals surface area contributed by atoms with Crippen molar-refractivity contribution < 1.29 is 14.3 Å². The highest BCUT2D eigenvalue weighted by molar-refractivity contribution is 5.96. The van der Waals surface area contributed by atoms with Crippen molar-refractivity contribution in [3.05, 3.63) is 59.9 Å². The van der Waals surface area contributed by atoms with E-state index in [0.717, 1.165) is 12.0 Å². The van der Waals surface area contributed by atoms with Crippen molar-refractivity contribution in [3.63, 3.8) is 0 Å². The molecule has 1 aliphatic rings. The number of benzene rings is 1. The lowest BCUT2D eigenvalue weighted by Gasteiger charge is -2.23. The maximum absolute atomic E-state index is 12.6. The van der Waals surface area contributed by atoms with Gasteiger partial charge in [-0.1, -0.05) is 30.3 Å². The molecular formula is C18H20N2O3. The summed E-state index contributed by atoms with van der Waals surface area (Å²) >= 11 is 0. The van der Waals surface area contributed by atoms with E-state index in [-0.39, 0.29) is 18.5 Å². The molecule has 120 valence electrons. The van der Waals surface area contributed by atoms with Crippen LogP contribution >= 0.6 is 0 Å². The van der Waals surface area contributed by atoms with Crippen molar-refractivity contribution in [1.82, 2.24) is 9.47 Å². The molecule has 23 heavy (non-hydrogen) atoms. The van der Waals surface area contributed by atoms with Crippen molar-refractivity contribution >= 4 is 11.9 Å². The summed E-state index contributed by atoms with van der Waals surface area (Å²) in [7, 11) is 1.83. The minimum absolute atomic E-state index is 0.114. The van der Waals surface area contributed by atoms with E-state index < -0.39 is 6.04 Å². The molecule has 0 unspecified atom stereocenters. The highest BCUT2D eigenvalue weighted by Crippen LogP contribution is 2.21. The summed E-state index contributed by atoms with van der Waals surface area (Å²) in [6.07, 6.45) is 3.30. The summed E-state index contributed by atoms with van der Waals surface area (Å²) in [4.78, 5) is 26.6. The molecule has 0 N–H and O–H groups in total. The Hall–Kier alpha value is -2.56. The molecule has 3 rings (SSSR count). The first-order chi connectivity index (χ1) is 11.2. The van der Waals surface area contributed by atoms with Crippen molar-refractivity contribution in [2.24, 2.45) is 7.05 Å². The van der Waals surface area contributed by atoms with Gasteiger partial charge in [0, 0.05) is 19.8 Å². The average Bonchev–Trinajstić information content (AvgIpc) is 3.22. The van der Waals surface area contributed by atoms with Crippen LogP contribution in [0.4, 0.5) is 0 Å². The summed E-state index contributed by atoms with van der Waals surface area (Å²) < 4.78 is 7.17. The second kappa shape index (κ2) is 6.69.